The summed E-state index contributed by atoms with van der Waals surface area (Å²) in [5.74, 6) is -0.307. The predicted octanol–water partition coefficient (Wildman–Crippen LogP) is 0.741. The second-order valence-electron chi connectivity index (χ2n) is 6.12. The van der Waals surface area contributed by atoms with Crippen LogP contribution in [0.2, 0.25) is 0 Å². The van der Waals surface area contributed by atoms with E-state index in [0.29, 0.717) is 30.1 Å². The normalized spacial score (nSPS) is 18.5. The van der Waals surface area contributed by atoms with Crippen molar-refractivity contribution in [2.45, 2.75) is 12.8 Å². The number of amides is 3. The fraction of sp³-hybridized carbons (Fsp3) is 0.471. The van der Waals surface area contributed by atoms with Gasteiger partial charge in [0.05, 0.1) is 11.1 Å². The lowest BCUT2D eigenvalue weighted by atomic mass is 9.97. The number of nitrogens with zero attached hydrogens (tertiary/aromatic N) is 2. The molecule has 0 atom stereocenters. The molecule has 0 spiro atoms. The first kappa shape index (κ1) is 15.7. The Bertz CT molecular complexity index is 601. The van der Waals surface area contributed by atoms with Gasteiger partial charge in [0.2, 0.25) is 5.91 Å². The summed E-state index contributed by atoms with van der Waals surface area (Å²) in [6, 6.07) is 6.70. The summed E-state index contributed by atoms with van der Waals surface area (Å²) < 4.78 is 0. The summed E-state index contributed by atoms with van der Waals surface area (Å²) in [6.45, 7) is 2.17. The Balaban J connectivity index is 1.61. The summed E-state index contributed by atoms with van der Waals surface area (Å²) in [5.41, 5.74) is 0.774. The number of hydrogen-bond acceptors (Lipinski definition) is 4. The molecule has 1 saturated heterocycles. The van der Waals surface area contributed by atoms with Gasteiger partial charge < -0.3 is 10.2 Å². The zero-order valence-electron chi connectivity index (χ0n) is 13.2. The monoisotopic (exact) mass is 315 g/mol. The first-order valence-electron chi connectivity index (χ1n) is 7.99. The minimum Gasteiger partial charge on any atom is -0.341 e. The third-order valence-corrected chi connectivity index (χ3v) is 4.63. The molecule has 0 unspecified atom stereocenters. The number of benzene rings is 1. The largest absolute Gasteiger partial charge is 0.341 e. The van der Waals surface area contributed by atoms with Gasteiger partial charge in [0.25, 0.3) is 11.8 Å². The zero-order valence-corrected chi connectivity index (χ0v) is 13.2. The van der Waals surface area contributed by atoms with Gasteiger partial charge in [0.1, 0.15) is 6.54 Å². The van der Waals surface area contributed by atoms with Gasteiger partial charge in [-0.25, -0.2) is 0 Å². The van der Waals surface area contributed by atoms with Gasteiger partial charge in [0, 0.05) is 13.1 Å². The topological polar surface area (TPSA) is 69.7 Å². The van der Waals surface area contributed by atoms with Crippen LogP contribution in [0.15, 0.2) is 24.3 Å². The van der Waals surface area contributed by atoms with Gasteiger partial charge in [-0.2, -0.15) is 0 Å². The fourth-order valence-corrected chi connectivity index (χ4v) is 3.29. The van der Waals surface area contributed by atoms with Crippen molar-refractivity contribution < 1.29 is 14.4 Å². The van der Waals surface area contributed by atoms with Crippen LogP contribution in [-0.2, 0) is 4.79 Å². The van der Waals surface area contributed by atoms with Crippen LogP contribution < -0.4 is 5.32 Å². The number of nitrogens with one attached hydrogen (secondary N) is 1. The molecule has 1 aromatic rings. The standard InChI is InChI=1S/C17H21N3O3/c1-18-10-12-6-8-19(9-7-12)15(21)11-20-16(22)13-4-2-3-5-14(13)17(20)23/h2-5,12,18H,6-11H2,1H3. The van der Waals surface area contributed by atoms with Crippen LogP contribution in [-0.4, -0.2) is 60.7 Å². The number of hydrogen-bond donors (Lipinski definition) is 1. The maximum absolute atomic E-state index is 12.4. The van der Waals surface area contributed by atoms with Crippen molar-refractivity contribution in [1.29, 1.82) is 0 Å². The van der Waals surface area contributed by atoms with E-state index in [0.717, 1.165) is 24.3 Å². The minimum absolute atomic E-state index is 0.151. The maximum atomic E-state index is 12.4. The lowest BCUT2D eigenvalue weighted by Gasteiger charge is -2.32. The third-order valence-electron chi connectivity index (χ3n) is 4.63. The van der Waals surface area contributed by atoms with E-state index in [2.05, 4.69) is 5.32 Å². The van der Waals surface area contributed by atoms with Crippen LogP contribution in [0.4, 0.5) is 0 Å². The molecule has 0 aromatic heterocycles. The van der Waals surface area contributed by atoms with E-state index in [-0.39, 0.29) is 24.3 Å². The Kier molecular flexibility index (Phi) is 4.43. The van der Waals surface area contributed by atoms with Gasteiger partial charge in [-0.15, -0.1) is 0 Å². The van der Waals surface area contributed by atoms with E-state index in [9.17, 15) is 14.4 Å². The molecule has 1 fully saturated rings. The SMILES string of the molecule is CNCC1CCN(C(=O)CN2C(=O)c3ccccc3C2=O)CC1. The second-order valence-corrected chi connectivity index (χ2v) is 6.12. The number of carbonyl (C=O) groups is 3. The van der Waals surface area contributed by atoms with E-state index in [1.165, 1.54) is 0 Å². The van der Waals surface area contributed by atoms with Crippen LogP contribution in [0.5, 0.6) is 0 Å². The fourth-order valence-electron chi connectivity index (χ4n) is 3.29. The Hall–Kier alpha value is -2.21. The van der Waals surface area contributed by atoms with E-state index >= 15 is 0 Å². The minimum atomic E-state index is -0.371. The molecule has 0 radical (unpaired) electrons. The molecule has 23 heavy (non-hydrogen) atoms. The summed E-state index contributed by atoms with van der Waals surface area (Å²) in [4.78, 5) is 39.8. The zero-order chi connectivity index (χ0) is 16.4. The van der Waals surface area contributed by atoms with Gasteiger partial charge in [-0.05, 0) is 44.5 Å². The van der Waals surface area contributed by atoms with Crippen molar-refractivity contribution in [1.82, 2.24) is 15.1 Å². The van der Waals surface area contributed by atoms with Crippen LogP contribution >= 0.6 is 0 Å². The van der Waals surface area contributed by atoms with Crippen molar-refractivity contribution in [3.05, 3.63) is 35.4 Å². The molecule has 2 aliphatic rings. The van der Waals surface area contributed by atoms with Gasteiger partial charge >= 0.3 is 0 Å². The number of rotatable bonds is 4. The highest BCUT2D eigenvalue weighted by molar-refractivity contribution is 6.22. The second kappa shape index (κ2) is 6.50. The van der Waals surface area contributed by atoms with Crippen LogP contribution in [0, 0.1) is 5.92 Å². The van der Waals surface area contributed by atoms with Gasteiger partial charge in [-0.3, -0.25) is 19.3 Å². The van der Waals surface area contributed by atoms with Crippen LogP contribution in [0.1, 0.15) is 33.6 Å². The van der Waals surface area contributed by atoms with E-state index < -0.39 is 0 Å². The summed E-state index contributed by atoms with van der Waals surface area (Å²) >= 11 is 0. The molecule has 122 valence electrons. The molecule has 0 saturated carbocycles. The summed E-state index contributed by atoms with van der Waals surface area (Å²) in [7, 11) is 1.93. The summed E-state index contributed by atoms with van der Waals surface area (Å²) in [6.07, 6.45) is 1.91. The van der Waals surface area contributed by atoms with Crippen LogP contribution in [0.25, 0.3) is 0 Å². The number of piperidine rings is 1. The van der Waals surface area contributed by atoms with Gasteiger partial charge in [0.15, 0.2) is 0 Å². The van der Waals surface area contributed by atoms with Crippen molar-refractivity contribution in [3.63, 3.8) is 0 Å². The highest BCUT2D eigenvalue weighted by Gasteiger charge is 2.37. The number of fused-ring (bicyclic) bond motifs is 1. The Labute approximate surface area is 135 Å². The van der Waals surface area contributed by atoms with E-state index in [4.69, 9.17) is 0 Å². The van der Waals surface area contributed by atoms with E-state index in [1.807, 2.05) is 7.05 Å². The molecule has 0 bridgehead atoms. The molecular formula is C17H21N3O3. The highest BCUT2D eigenvalue weighted by atomic mass is 16.2. The average Bonchev–Trinajstić information content (AvgIpc) is 2.81. The Morgan fingerprint density at radius 2 is 1.70 bits per heavy atom. The van der Waals surface area contributed by atoms with Crippen molar-refractivity contribution in [3.8, 4) is 0 Å². The van der Waals surface area contributed by atoms with Gasteiger partial charge in [-0.1, -0.05) is 12.1 Å². The predicted molar refractivity (Wildman–Crippen MR) is 85.0 cm³/mol. The molecule has 0 aliphatic carbocycles. The lowest BCUT2D eigenvalue weighted by Crippen LogP contribution is -2.46. The molecule has 2 aliphatic heterocycles. The first-order chi connectivity index (χ1) is 11.1. The smallest absolute Gasteiger partial charge is 0.262 e. The van der Waals surface area contributed by atoms with Crippen molar-refractivity contribution in [2.24, 2.45) is 5.92 Å². The van der Waals surface area contributed by atoms with Crippen molar-refractivity contribution in [2.75, 3.05) is 33.2 Å². The molecule has 1 N–H and O–H groups in total. The molecule has 3 rings (SSSR count). The number of likely N-dealkylation sites (tertiary alicyclic amines) is 1. The molecule has 3 amide bonds. The maximum Gasteiger partial charge on any atom is 0.262 e. The lowest BCUT2D eigenvalue weighted by molar-refractivity contribution is -0.132. The Morgan fingerprint density at radius 1 is 1.13 bits per heavy atom. The molecule has 6 heteroatoms. The van der Waals surface area contributed by atoms with E-state index in [1.54, 1.807) is 29.2 Å². The molecule has 1 aromatic carbocycles. The molecule has 2 heterocycles. The third kappa shape index (κ3) is 2.99. The first-order valence-corrected chi connectivity index (χ1v) is 7.99. The van der Waals surface area contributed by atoms with Crippen molar-refractivity contribution >= 4 is 17.7 Å². The Morgan fingerprint density at radius 3 is 2.22 bits per heavy atom. The molecular weight excluding hydrogens is 294 g/mol. The number of imide groups is 1. The quantitative estimate of drug-likeness (QED) is 0.832. The summed E-state index contributed by atoms with van der Waals surface area (Å²) in [5, 5.41) is 3.16. The molecule has 6 nitrogen and oxygen atoms in total. The highest BCUT2D eigenvalue weighted by Crippen LogP contribution is 2.23. The number of carbonyl (C=O) groups excluding carboxylic acids is 3. The van der Waals surface area contributed by atoms with Crippen LogP contribution in [0.3, 0.4) is 0 Å². The average molecular weight is 315 g/mol.